The zero-order valence-electron chi connectivity index (χ0n) is 10.3. The Labute approximate surface area is 116 Å². The van der Waals surface area contributed by atoms with Crippen LogP contribution in [-0.2, 0) is 18.2 Å². The van der Waals surface area contributed by atoms with E-state index in [2.05, 4.69) is 21.0 Å². The van der Waals surface area contributed by atoms with Crippen molar-refractivity contribution >= 4 is 27.5 Å². The molecule has 1 unspecified atom stereocenters. The topological polar surface area (TPSA) is 27.1 Å². The number of hydrogen-bond donors (Lipinski definition) is 0. The highest BCUT2D eigenvalue weighted by atomic mass is 79.9. The Kier molecular flexibility index (Phi) is 4.16. The predicted octanol–water partition coefficient (Wildman–Crippen LogP) is 3.12. The van der Waals surface area contributed by atoms with Gasteiger partial charge in [0.2, 0.25) is 0 Å². The van der Waals surface area contributed by atoms with Gasteiger partial charge in [0.25, 0.3) is 0 Å². The Hall–Kier alpha value is -0.0600. The largest absolute Gasteiger partial charge is 0.381 e. The van der Waals surface area contributed by atoms with Crippen LogP contribution in [0.15, 0.2) is 0 Å². The van der Waals surface area contributed by atoms with Crippen molar-refractivity contribution in [1.29, 1.82) is 0 Å². The summed E-state index contributed by atoms with van der Waals surface area (Å²) in [5.74, 6) is 0. The number of alkyl halides is 1. The molecule has 1 aliphatic rings. The summed E-state index contributed by atoms with van der Waals surface area (Å²) in [5.41, 5.74) is 2.20. The molecular formula is C12H18BrClN2O. The van der Waals surface area contributed by atoms with Gasteiger partial charge in [-0.15, -0.1) is 0 Å². The Morgan fingerprint density at radius 3 is 2.82 bits per heavy atom. The van der Waals surface area contributed by atoms with Gasteiger partial charge in [-0.05, 0) is 26.2 Å². The van der Waals surface area contributed by atoms with Gasteiger partial charge in [-0.25, -0.2) is 0 Å². The maximum atomic E-state index is 6.31. The highest BCUT2D eigenvalue weighted by Gasteiger charge is 2.34. The van der Waals surface area contributed by atoms with Gasteiger partial charge in [-0.2, -0.15) is 5.10 Å². The fourth-order valence-corrected chi connectivity index (χ4v) is 3.30. The van der Waals surface area contributed by atoms with Crippen LogP contribution in [0.2, 0.25) is 5.02 Å². The first-order valence-corrected chi connectivity index (χ1v) is 7.40. The average Bonchev–Trinajstić information content (AvgIpc) is 2.57. The smallest absolute Gasteiger partial charge is 0.0847 e. The monoisotopic (exact) mass is 320 g/mol. The van der Waals surface area contributed by atoms with E-state index in [1.807, 2.05) is 18.7 Å². The van der Waals surface area contributed by atoms with E-state index in [9.17, 15) is 0 Å². The normalized spacial score (nSPS) is 25.2. The summed E-state index contributed by atoms with van der Waals surface area (Å²) in [6.45, 7) is 3.63. The second kappa shape index (κ2) is 5.29. The average molecular weight is 322 g/mol. The number of hydrogen-bond acceptors (Lipinski definition) is 2. The molecular weight excluding hydrogens is 304 g/mol. The van der Waals surface area contributed by atoms with Crippen molar-refractivity contribution in [2.24, 2.45) is 12.5 Å². The SMILES string of the molecule is Cc1nn(C)c(CC2(CBr)CCCOC2)c1Cl. The van der Waals surface area contributed by atoms with Crippen LogP contribution in [-0.4, -0.2) is 28.3 Å². The Morgan fingerprint density at radius 1 is 1.59 bits per heavy atom. The molecule has 17 heavy (non-hydrogen) atoms. The molecule has 1 atom stereocenters. The van der Waals surface area contributed by atoms with Crippen molar-refractivity contribution in [3.05, 3.63) is 16.4 Å². The van der Waals surface area contributed by atoms with Gasteiger partial charge in [0, 0.05) is 24.4 Å². The van der Waals surface area contributed by atoms with Crippen molar-refractivity contribution in [1.82, 2.24) is 9.78 Å². The first-order valence-electron chi connectivity index (χ1n) is 5.90. The number of aryl methyl sites for hydroxylation is 2. The fourth-order valence-electron chi connectivity index (χ4n) is 2.43. The first kappa shape index (κ1) is 13.4. The third-order valence-corrected chi connectivity index (χ3v) is 5.17. The van der Waals surface area contributed by atoms with Gasteiger partial charge >= 0.3 is 0 Å². The lowest BCUT2D eigenvalue weighted by Crippen LogP contribution is -2.36. The number of halogens is 2. The zero-order valence-corrected chi connectivity index (χ0v) is 12.6. The van der Waals surface area contributed by atoms with Crippen LogP contribution < -0.4 is 0 Å². The summed E-state index contributed by atoms with van der Waals surface area (Å²) < 4.78 is 7.53. The summed E-state index contributed by atoms with van der Waals surface area (Å²) in [5, 5.41) is 6.12. The predicted molar refractivity (Wildman–Crippen MR) is 72.9 cm³/mol. The van der Waals surface area contributed by atoms with E-state index in [1.54, 1.807) is 0 Å². The van der Waals surface area contributed by atoms with Gasteiger partial charge in [0.05, 0.1) is 23.0 Å². The standard InChI is InChI=1S/C12H18BrClN2O/c1-9-11(14)10(16(2)15-9)6-12(7-13)4-3-5-17-8-12/h3-8H2,1-2H3. The van der Waals surface area contributed by atoms with E-state index in [4.69, 9.17) is 16.3 Å². The van der Waals surface area contributed by atoms with Crippen molar-refractivity contribution in [2.45, 2.75) is 26.2 Å². The van der Waals surface area contributed by atoms with E-state index in [-0.39, 0.29) is 5.41 Å². The number of nitrogens with zero attached hydrogens (tertiary/aromatic N) is 2. The quantitative estimate of drug-likeness (QED) is 0.800. The van der Waals surface area contributed by atoms with E-state index in [1.165, 1.54) is 6.42 Å². The van der Waals surface area contributed by atoms with Gasteiger partial charge in [-0.1, -0.05) is 27.5 Å². The molecule has 1 aromatic rings. The molecule has 96 valence electrons. The molecule has 2 heterocycles. The van der Waals surface area contributed by atoms with Crippen LogP contribution in [0.25, 0.3) is 0 Å². The summed E-state index contributed by atoms with van der Waals surface area (Å²) in [6.07, 6.45) is 3.23. The minimum atomic E-state index is 0.169. The molecule has 3 nitrogen and oxygen atoms in total. The number of ether oxygens (including phenoxy) is 1. The third-order valence-electron chi connectivity index (χ3n) is 3.49. The lowest BCUT2D eigenvalue weighted by molar-refractivity contribution is 0.00529. The van der Waals surface area contributed by atoms with Crippen molar-refractivity contribution < 1.29 is 4.74 Å². The summed E-state index contributed by atoms with van der Waals surface area (Å²) >= 11 is 9.94. The van der Waals surface area contributed by atoms with Crippen molar-refractivity contribution in [3.8, 4) is 0 Å². The van der Waals surface area contributed by atoms with Gasteiger partial charge in [-0.3, -0.25) is 4.68 Å². The van der Waals surface area contributed by atoms with E-state index < -0.39 is 0 Å². The number of rotatable bonds is 3. The highest BCUT2D eigenvalue weighted by Crippen LogP contribution is 2.36. The molecule has 1 fully saturated rings. The lowest BCUT2D eigenvalue weighted by Gasteiger charge is -2.35. The van der Waals surface area contributed by atoms with Crippen LogP contribution in [0.5, 0.6) is 0 Å². The van der Waals surface area contributed by atoms with E-state index in [0.717, 1.165) is 47.8 Å². The second-order valence-electron chi connectivity index (χ2n) is 4.94. The summed E-state index contributed by atoms with van der Waals surface area (Å²) in [7, 11) is 1.96. The van der Waals surface area contributed by atoms with Crippen molar-refractivity contribution in [2.75, 3.05) is 18.5 Å². The van der Waals surface area contributed by atoms with Crippen LogP contribution in [0.3, 0.4) is 0 Å². The summed E-state index contributed by atoms with van der Waals surface area (Å²) in [4.78, 5) is 0. The molecule has 2 rings (SSSR count). The molecule has 1 saturated heterocycles. The zero-order chi connectivity index (χ0) is 12.5. The number of aromatic nitrogens is 2. The third kappa shape index (κ3) is 2.69. The minimum Gasteiger partial charge on any atom is -0.381 e. The van der Waals surface area contributed by atoms with Gasteiger partial charge in [0.1, 0.15) is 0 Å². The molecule has 5 heteroatoms. The maximum Gasteiger partial charge on any atom is 0.0847 e. The molecule has 1 aliphatic heterocycles. The second-order valence-corrected chi connectivity index (χ2v) is 5.87. The molecule has 0 aliphatic carbocycles. The van der Waals surface area contributed by atoms with Crippen LogP contribution in [0, 0.1) is 12.3 Å². The van der Waals surface area contributed by atoms with E-state index in [0.29, 0.717) is 0 Å². The fraction of sp³-hybridized carbons (Fsp3) is 0.750. The van der Waals surface area contributed by atoms with Crippen molar-refractivity contribution in [3.63, 3.8) is 0 Å². The van der Waals surface area contributed by atoms with Crippen LogP contribution >= 0.6 is 27.5 Å². The maximum absolute atomic E-state index is 6.31. The molecule has 1 aromatic heterocycles. The van der Waals surface area contributed by atoms with Crippen LogP contribution in [0.1, 0.15) is 24.2 Å². The molecule has 0 N–H and O–H groups in total. The molecule has 0 spiro atoms. The Morgan fingerprint density at radius 2 is 2.35 bits per heavy atom. The Balaban J connectivity index is 2.23. The molecule has 0 amide bonds. The lowest BCUT2D eigenvalue weighted by atomic mass is 9.80. The van der Waals surface area contributed by atoms with Gasteiger partial charge < -0.3 is 4.74 Å². The first-order chi connectivity index (χ1) is 8.08. The molecule has 0 saturated carbocycles. The highest BCUT2D eigenvalue weighted by molar-refractivity contribution is 9.09. The molecule has 0 bridgehead atoms. The summed E-state index contributed by atoms with van der Waals surface area (Å²) in [6, 6.07) is 0. The van der Waals surface area contributed by atoms with Crippen LogP contribution in [0.4, 0.5) is 0 Å². The van der Waals surface area contributed by atoms with E-state index >= 15 is 0 Å². The molecule has 0 aromatic carbocycles. The Bertz CT molecular complexity index is 399. The van der Waals surface area contributed by atoms with Gasteiger partial charge in [0.15, 0.2) is 0 Å². The molecule has 0 radical (unpaired) electrons. The minimum absolute atomic E-state index is 0.169.